The second kappa shape index (κ2) is 7.87. The van der Waals surface area contributed by atoms with Gasteiger partial charge in [0.05, 0.1) is 25.5 Å². The first kappa shape index (κ1) is 19.3. The highest BCUT2D eigenvalue weighted by atomic mass is 32.2. The SMILES string of the molecule is COc1ccc(S(=O)(=O)N/N=C(/C)c2ccccc2C(=O)O)c(OC)c1. The van der Waals surface area contributed by atoms with Crippen molar-refractivity contribution in [2.24, 2.45) is 5.10 Å². The van der Waals surface area contributed by atoms with Crippen molar-refractivity contribution in [3.05, 3.63) is 53.6 Å². The number of carbonyl (C=O) groups is 1. The zero-order chi connectivity index (χ0) is 19.3. The van der Waals surface area contributed by atoms with Crippen molar-refractivity contribution in [2.45, 2.75) is 11.8 Å². The van der Waals surface area contributed by atoms with E-state index in [1.165, 1.54) is 45.4 Å². The van der Waals surface area contributed by atoms with E-state index in [2.05, 4.69) is 9.93 Å². The summed E-state index contributed by atoms with van der Waals surface area (Å²) in [6.45, 7) is 1.51. The topological polar surface area (TPSA) is 114 Å². The van der Waals surface area contributed by atoms with Gasteiger partial charge in [0.25, 0.3) is 10.0 Å². The smallest absolute Gasteiger partial charge is 0.336 e. The minimum absolute atomic E-state index is 0.0231. The van der Waals surface area contributed by atoms with Crippen molar-refractivity contribution in [1.82, 2.24) is 4.83 Å². The Bertz CT molecular complexity index is 953. The molecule has 0 fully saturated rings. The number of hydrazone groups is 1. The van der Waals surface area contributed by atoms with Crippen molar-refractivity contribution < 1.29 is 27.8 Å². The van der Waals surface area contributed by atoms with E-state index < -0.39 is 16.0 Å². The fraction of sp³-hybridized carbons (Fsp3) is 0.176. The molecule has 0 aliphatic carbocycles. The quantitative estimate of drug-likeness (QED) is 0.563. The number of hydrogen-bond donors (Lipinski definition) is 2. The van der Waals surface area contributed by atoms with Gasteiger partial charge in [-0.05, 0) is 25.1 Å². The number of nitrogens with zero attached hydrogens (tertiary/aromatic N) is 1. The minimum atomic E-state index is -4.03. The van der Waals surface area contributed by atoms with Gasteiger partial charge >= 0.3 is 5.97 Å². The lowest BCUT2D eigenvalue weighted by molar-refractivity contribution is 0.0696. The number of ether oxygens (including phenoxy) is 2. The molecule has 0 aromatic heterocycles. The Morgan fingerprint density at radius 2 is 1.73 bits per heavy atom. The molecule has 0 aliphatic rings. The summed E-state index contributed by atoms with van der Waals surface area (Å²) in [4.78, 5) is 13.2. The molecule has 2 aromatic carbocycles. The summed E-state index contributed by atoms with van der Waals surface area (Å²) in [5.74, 6) is -0.596. The fourth-order valence-corrected chi connectivity index (χ4v) is 3.23. The molecule has 0 saturated heterocycles. The van der Waals surface area contributed by atoms with Gasteiger partial charge in [-0.25, -0.2) is 4.79 Å². The van der Waals surface area contributed by atoms with Crippen LogP contribution in [0, 0.1) is 0 Å². The monoisotopic (exact) mass is 378 g/mol. The molecule has 0 aliphatic heterocycles. The summed E-state index contributed by atoms with van der Waals surface area (Å²) >= 11 is 0. The highest BCUT2D eigenvalue weighted by Crippen LogP contribution is 2.28. The number of aromatic carboxylic acids is 1. The number of nitrogens with one attached hydrogen (secondary N) is 1. The summed E-state index contributed by atoms with van der Waals surface area (Å²) in [6, 6.07) is 10.4. The molecule has 2 N–H and O–H groups in total. The number of hydrogen-bond acceptors (Lipinski definition) is 6. The first-order chi connectivity index (χ1) is 12.3. The van der Waals surface area contributed by atoms with Crippen molar-refractivity contribution >= 4 is 21.7 Å². The second-order valence-electron chi connectivity index (χ2n) is 5.16. The Labute approximate surface area is 151 Å². The Kier molecular flexibility index (Phi) is 5.83. The van der Waals surface area contributed by atoms with Crippen molar-refractivity contribution in [3.63, 3.8) is 0 Å². The highest BCUT2D eigenvalue weighted by molar-refractivity contribution is 7.89. The van der Waals surface area contributed by atoms with Crippen LogP contribution < -0.4 is 14.3 Å². The van der Waals surface area contributed by atoms with E-state index in [0.717, 1.165) is 0 Å². The summed E-state index contributed by atoms with van der Waals surface area (Å²) in [7, 11) is -1.24. The molecule has 0 radical (unpaired) electrons. The third-order valence-electron chi connectivity index (χ3n) is 3.54. The fourth-order valence-electron chi connectivity index (χ4n) is 2.22. The maximum atomic E-state index is 12.5. The zero-order valence-corrected chi connectivity index (χ0v) is 15.2. The highest BCUT2D eigenvalue weighted by Gasteiger charge is 2.20. The lowest BCUT2D eigenvalue weighted by atomic mass is 10.0. The van der Waals surface area contributed by atoms with Crippen LogP contribution in [0.1, 0.15) is 22.8 Å². The van der Waals surface area contributed by atoms with E-state index in [9.17, 15) is 18.3 Å². The van der Waals surface area contributed by atoms with Crippen LogP contribution in [-0.2, 0) is 10.0 Å². The van der Waals surface area contributed by atoms with E-state index in [0.29, 0.717) is 11.3 Å². The Morgan fingerprint density at radius 3 is 2.31 bits per heavy atom. The molecular weight excluding hydrogens is 360 g/mol. The van der Waals surface area contributed by atoms with Gasteiger partial charge in [0.1, 0.15) is 16.4 Å². The molecule has 0 unspecified atom stereocenters. The molecular formula is C17H18N2O6S. The maximum absolute atomic E-state index is 12.5. The average molecular weight is 378 g/mol. The van der Waals surface area contributed by atoms with Crippen LogP contribution in [0.2, 0.25) is 0 Å². The lowest BCUT2D eigenvalue weighted by Crippen LogP contribution is -2.21. The van der Waals surface area contributed by atoms with Gasteiger partial charge in [-0.2, -0.15) is 18.4 Å². The third-order valence-corrected chi connectivity index (χ3v) is 4.79. The van der Waals surface area contributed by atoms with Crippen molar-refractivity contribution in [1.29, 1.82) is 0 Å². The van der Waals surface area contributed by atoms with E-state index in [1.807, 2.05) is 0 Å². The lowest BCUT2D eigenvalue weighted by Gasteiger charge is -2.11. The number of carboxylic acids is 1. The van der Waals surface area contributed by atoms with Crippen LogP contribution in [0.15, 0.2) is 52.5 Å². The van der Waals surface area contributed by atoms with Crippen molar-refractivity contribution in [2.75, 3.05) is 14.2 Å². The average Bonchev–Trinajstić information content (AvgIpc) is 2.65. The van der Waals surface area contributed by atoms with E-state index in [4.69, 9.17) is 9.47 Å². The predicted molar refractivity (Wildman–Crippen MR) is 95.5 cm³/mol. The van der Waals surface area contributed by atoms with Gasteiger partial charge in [-0.15, -0.1) is 0 Å². The zero-order valence-electron chi connectivity index (χ0n) is 14.4. The molecule has 138 valence electrons. The molecule has 26 heavy (non-hydrogen) atoms. The number of rotatable bonds is 7. The number of sulfonamides is 1. The van der Waals surface area contributed by atoms with Crippen molar-refractivity contribution in [3.8, 4) is 11.5 Å². The van der Waals surface area contributed by atoms with Crippen LogP contribution in [0.4, 0.5) is 0 Å². The van der Waals surface area contributed by atoms with Crippen LogP contribution >= 0.6 is 0 Å². The molecule has 0 amide bonds. The Morgan fingerprint density at radius 1 is 1.08 bits per heavy atom. The molecule has 2 aromatic rings. The summed E-state index contributed by atoms with van der Waals surface area (Å²) in [6.07, 6.45) is 0. The predicted octanol–water partition coefficient (Wildman–Crippen LogP) is 2.10. The largest absolute Gasteiger partial charge is 0.497 e. The van der Waals surface area contributed by atoms with Crippen LogP contribution in [-0.4, -0.2) is 39.4 Å². The van der Waals surface area contributed by atoms with Gasteiger partial charge in [-0.3, -0.25) is 0 Å². The second-order valence-corrected chi connectivity index (χ2v) is 6.79. The molecule has 0 atom stereocenters. The third kappa shape index (κ3) is 4.12. The number of benzene rings is 2. The minimum Gasteiger partial charge on any atom is -0.497 e. The first-order valence-corrected chi connectivity index (χ1v) is 8.89. The van der Waals surface area contributed by atoms with E-state index >= 15 is 0 Å². The molecule has 0 bridgehead atoms. The molecule has 8 nitrogen and oxygen atoms in total. The van der Waals surface area contributed by atoms with Gasteiger partial charge in [0.2, 0.25) is 0 Å². The molecule has 0 spiro atoms. The van der Waals surface area contributed by atoms with Crippen LogP contribution in [0.3, 0.4) is 0 Å². The standard InChI is InChI=1S/C17H18N2O6S/c1-11(13-6-4-5-7-14(13)17(20)21)18-19-26(22,23)16-9-8-12(24-2)10-15(16)25-3/h4-10,19H,1-3H3,(H,20,21)/b18-11-. The van der Waals surface area contributed by atoms with E-state index in [1.54, 1.807) is 18.2 Å². The van der Waals surface area contributed by atoms with Gasteiger partial charge in [0.15, 0.2) is 0 Å². The summed E-state index contributed by atoms with van der Waals surface area (Å²) < 4.78 is 35.1. The molecule has 2 rings (SSSR count). The van der Waals surface area contributed by atoms with Gasteiger partial charge in [-0.1, -0.05) is 18.2 Å². The molecule has 0 saturated carbocycles. The van der Waals surface area contributed by atoms with Crippen LogP contribution in [0.25, 0.3) is 0 Å². The van der Waals surface area contributed by atoms with Gasteiger partial charge in [0, 0.05) is 11.6 Å². The normalized spacial score (nSPS) is 11.7. The first-order valence-electron chi connectivity index (χ1n) is 7.41. The Balaban J connectivity index is 2.36. The van der Waals surface area contributed by atoms with E-state index in [-0.39, 0.29) is 21.9 Å². The maximum Gasteiger partial charge on any atom is 0.336 e. The van der Waals surface area contributed by atoms with Gasteiger partial charge < -0.3 is 14.6 Å². The summed E-state index contributed by atoms with van der Waals surface area (Å²) in [5.41, 5.74) is 0.540. The number of carboxylic acid groups (broad SMARTS) is 1. The number of methoxy groups -OCH3 is 2. The molecule has 0 heterocycles. The Hall–Kier alpha value is -3.07. The molecule has 9 heteroatoms. The van der Waals surface area contributed by atoms with Crippen LogP contribution in [0.5, 0.6) is 11.5 Å². The summed E-state index contributed by atoms with van der Waals surface area (Å²) in [5, 5.41) is 13.0.